The molecule has 0 saturated heterocycles. The van der Waals surface area contributed by atoms with E-state index < -0.39 is 9.97 Å². The largest absolute Gasteiger partial charge is 0.498 e. The summed E-state index contributed by atoms with van der Waals surface area (Å²) in [7, 11) is 0. The van der Waals surface area contributed by atoms with Crippen molar-refractivity contribution in [1.29, 1.82) is 0 Å². The van der Waals surface area contributed by atoms with Crippen LogP contribution in [0.25, 0.3) is 0 Å². The summed E-state index contributed by atoms with van der Waals surface area (Å²) in [6.07, 6.45) is 0. The quantitative estimate of drug-likeness (QED) is 0.427. The van der Waals surface area contributed by atoms with Gasteiger partial charge in [0.25, 0.3) is 5.69 Å². The van der Waals surface area contributed by atoms with Gasteiger partial charge in [-0.1, -0.05) is 34.8 Å². The van der Waals surface area contributed by atoms with E-state index in [1.165, 1.54) is 24.3 Å². The van der Waals surface area contributed by atoms with Gasteiger partial charge in [-0.25, -0.2) is 0 Å². The van der Waals surface area contributed by atoms with Crippen molar-refractivity contribution >= 4 is 57.8 Å². The van der Waals surface area contributed by atoms with Crippen molar-refractivity contribution in [3.63, 3.8) is 0 Å². The van der Waals surface area contributed by atoms with Gasteiger partial charge in [-0.3, -0.25) is 10.1 Å². The minimum absolute atomic E-state index is 0.136. The van der Waals surface area contributed by atoms with Crippen molar-refractivity contribution in [2.24, 2.45) is 0 Å². The van der Waals surface area contributed by atoms with E-state index in [1.807, 2.05) is 0 Å². The van der Waals surface area contributed by atoms with Crippen molar-refractivity contribution in [2.75, 3.05) is 0 Å². The molecule has 0 aliphatic rings. The van der Waals surface area contributed by atoms with E-state index in [0.717, 1.165) is 6.07 Å². The third-order valence-electron chi connectivity index (χ3n) is 2.58. The maximum Gasteiger partial charge on any atom is 0.281 e. The molecule has 0 amide bonds. The molecule has 2 rings (SSSR count). The number of ether oxygens (including phenoxy) is 1. The first-order valence-corrected chi connectivity index (χ1v) is 7.18. The van der Waals surface area contributed by atoms with Crippen molar-refractivity contribution in [3.8, 4) is 11.5 Å². The number of nitro groups is 1. The molecule has 0 aromatic heterocycles. The van der Waals surface area contributed by atoms with Crippen LogP contribution < -0.4 is 4.74 Å². The van der Waals surface area contributed by atoms with Gasteiger partial charge in [0.05, 0.1) is 15.0 Å². The number of hydrogen-bond donors (Lipinski definition) is 1. The normalized spacial score (nSPS) is 10.3. The predicted molar refractivity (Wildman–Crippen MR) is 89.0 cm³/mol. The van der Waals surface area contributed by atoms with Crippen molar-refractivity contribution in [2.45, 2.75) is 0 Å². The van der Waals surface area contributed by atoms with E-state index in [-0.39, 0.29) is 32.8 Å². The standard InChI is InChI=1S/C13H6Cl3NO4S/c14-6-3-9(15)12(10(16)4-6)21-7-1-2-11(17(19)20)8(5-7)13(18)22/h1-5H,(H,18,22). The number of aliphatic hydroxyl groups is 1. The predicted octanol–water partition coefficient (Wildman–Crippen LogP) is 5.58. The van der Waals surface area contributed by atoms with Crippen LogP contribution in [-0.2, 0) is 0 Å². The molecule has 0 atom stereocenters. The zero-order chi connectivity index (χ0) is 16.4. The van der Waals surface area contributed by atoms with Gasteiger partial charge in [-0.05, 0) is 36.5 Å². The van der Waals surface area contributed by atoms with Crippen LogP contribution in [0.5, 0.6) is 11.5 Å². The number of rotatable bonds is 4. The molecular weight excluding hydrogens is 373 g/mol. The highest BCUT2D eigenvalue weighted by Gasteiger charge is 2.19. The Morgan fingerprint density at radius 2 is 1.77 bits per heavy atom. The Hall–Kier alpha value is -1.60. The summed E-state index contributed by atoms with van der Waals surface area (Å²) in [6.45, 7) is 0. The highest BCUT2D eigenvalue weighted by Crippen LogP contribution is 2.39. The second-order valence-corrected chi connectivity index (χ2v) is 5.68. The highest BCUT2D eigenvalue weighted by molar-refractivity contribution is 7.80. The molecule has 0 bridgehead atoms. The molecule has 0 radical (unpaired) electrons. The maximum atomic E-state index is 10.9. The Bertz CT molecular complexity index is 759. The topological polar surface area (TPSA) is 72.6 Å². The SMILES string of the molecule is O=[N+]([O-])c1ccc(Oc2c(Cl)cc(Cl)cc2Cl)cc1C(O)=S. The van der Waals surface area contributed by atoms with Crippen LogP contribution in [0.3, 0.4) is 0 Å². The zero-order valence-electron chi connectivity index (χ0n) is 10.5. The number of benzene rings is 2. The number of aliphatic hydroxyl groups excluding tert-OH is 1. The van der Waals surface area contributed by atoms with Crippen molar-refractivity contribution in [1.82, 2.24) is 0 Å². The van der Waals surface area contributed by atoms with E-state index in [1.54, 1.807) is 0 Å². The van der Waals surface area contributed by atoms with E-state index in [2.05, 4.69) is 12.2 Å². The molecule has 0 saturated carbocycles. The molecule has 0 heterocycles. The number of hydrogen-bond acceptors (Lipinski definition) is 4. The Labute approximate surface area is 145 Å². The lowest BCUT2D eigenvalue weighted by molar-refractivity contribution is -0.385. The second kappa shape index (κ2) is 6.66. The lowest BCUT2D eigenvalue weighted by Crippen LogP contribution is -2.02. The van der Waals surface area contributed by atoms with Crippen LogP contribution in [0.15, 0.2) is 30.3 Å². The number of nitrogens with zero attached hydrogens (tertiary/aromatic N) is 1. The number of thiocarbonyl (C=S) groups is 1. The van der Waals surface area contributed by atoms with E-state index in [0.29, 0.717) is 5.02 Å². The van der Waals surface area contributed by atoms with Crippen molar-refractivity contribution in [3.05, 3.63) is 61.1 Å². The third kappa shape index (κ3) is 3.59. The molecule has 22 heavy (non-hydrogen) atoms. The molecule has 0 spiro atoms. The molecule has 0 aliphatic carbocycles. The van der Waals surface area contributed by atoms with Crippen molar-refractivity contribution < 1.29 is 14.8 Å². The molecule has 5 nitrogen and oxygen atoms in total. The molecule has 114 valence electrons. The monoisotopic (exact) mass is 377 g/mol. The summed E-state index contributed by atoms with van der Waals surface area (Å²) in [5, 5.41) is 20.3. The Morgan fingerprint density at radius 3 is 2.27 bits per heavy atom. The fourth-order valence-electron chi connectivity index (χ4n) is 1.65. The molecule has 0 unspecified atom stereocenters. The first kappa shape index (κ1) is 16.8. The van der Waals surface area contributed by atoms with Gasteiger partial charge in [0.15, 0.2) is 10.8 Å². The third-order valence-corrected chi connectivity index (χ3v) is 3.58. The lowest BCUT2D eigenvalue weighted by atomic mass is 10.2. The Balaban J connectivity index is 2.45. The molecule has 0 aliphatic heterocycles. The fourth-order valence-corrected chi connectivity index (χ4v) is 2.71. The smallest absolute Gasteiger partial charge is 0.281 e. The minimum Gasteiger partial charge on any atom is -0.498 e. The second-order valence-electron chi connectivity index (χ2n) is 4.04. The van der Waals surface area contributed by atoms with Crippen LogP contribution in [0.4, 0.5) is 5.69 Å². The summed E-state index contributed by atoms with van der Waals surface area (Å²) >= 11 is 22.4. The van der Waals surface area contributed by atoms with Crippen LogP contribution in [-0.4, -0.2) is 15.1 Å². The molecule has 2 aromatic rings. The minimum atomic E-state index is -0.663. The van der Waals surface area contributed by atoms with Gasteiger partial charge in [-0.15, -0.1) is 0 Å². The van der Waals surface area contributed by atoms with Crippen LogP contribution in [0.2, 0.25) is 15.1 Å². The highest BCUT2D eigenvalue weighted by atomic mass is 35.5. The van der Waals surface area contributed by atoms with Gasteiger partial charge in [0, 0.05) is 11.1 Å². The van der Waals surface area contributed by atoms with Gasteiger partial charge in [0.2, 0.25) is 0 Å². The molecule has 0 fully saturated rings. The summed E-state index contributed by atoms with van der Waals surface area (Å²) in [4.78, 5) is 10.2. The first-order valence-electron chi connectivity index (χ1n) is 5.63. The van der Waals surface area contributed by atoms with Gasteiger partial charge < -0.3 is 9.84 Å². The number of nitro benzene ring substituents is 1. The zero-order valence-corrected chi connectivity index (χ0v) is 13.6. The molecular formula is C13H6Cl3NO4S. The fraction of sp³-hybridized carbons (Fsp3) is 0. The lowest BCUT2D eigenvalue weighted by Gasteiger charge is -2.11. The van der Waals surface area contributed by atoms with Crippen LogP contribution >= 0.6 is 47.0 Å². The van der Waals surface area contributed by atoms with E-state index in [9.17, 15) is 15.2 Å². The van der Waals surface area contributed by atoms with Gasteiger partial charge >= 0.3 is 0 Å². The Kier molecular flexibility index (Phi) is 5.08. The number of halogens is 3. The summed E-state index contributed by atoms with van der Waals surface area (Å²) in [5.74, 6) is 0.305. The van der Waals surface area contributed by atoms with Crippen LogP contribution in [0, 0.1) is 10.1 Å². The molecule has 9 heteroatoms. The van der Waals surface area contributed by atoms with Gasteiger partial charge in [-0.2, -0.15) is 0 Å². The Morgan fingerprint density at radius 1 is 1.18 bits per heavy atom. The summed E-state index contributed by atoms with van der Waals surface area (Å²) in [5.41, 5.74) is -0.480. The molecule has 2 aromatic carbocycles. The summed E-state index contributed by atoms with van der Waals surface area (Å²) < 4.78 is 5.50. The average Bonchev–Trinajstić information content (AvgIpc) is 2.42. The van der Waals surface area contributed by atoms with Gasteiger partial charge in [0.1, 0.15) is 11.3 Å². The van der Waals surface area contributed by atoms with E-state index in [4.69, 9.17) is 39.5 Å². The maximum absolute atomic E-state index is 10.9. The van der Waals surface area contributed by atoms with E-state index >= 15 is 0 Å². The first-order chi connectivity index (χ1) is 10.3. The average molecular weight is 379 g/mol. The molecule has 1 N–H and O–H groups in total. The summed E-state index contributed by atoms with van der Waals surface area (Å²) in [6, 6.07) is 6.59. The van der Waals surface area contributed by atoms with Crippen LogP contribution in [0.1, 0.15) is 5.56 Å².